The van der Waals surface area contributed by atoms with Crippen molar-refractivity contribution in [2.75, 3.05) is 19.8 Å². The zero-order chi connectivity index (χ0) is 28.1. The van der Waals surface area contributed by atoms with Crippen LogP contribution in [0.15, 0.2) is 99.9 Å². The molecule has 2 heterocycles. The second-order valence-electron chi connectivity index (χ2n) is 9.26. The lowest BCUT2D eigenvalue weighted by atomic mass is 9.96. The number of thiazole rings is 1. The fraction of sp³-hybridized carbons (Fsp3) is 0.219. The Balaban J connectivity index is 1.47. The van der Waals surface area contributed by atoms with Crippen molar-refractivity contribution >= 4 is 23.4 Å². The lowest BCUT2D eigenvalue weighted by molar-refractivity contribution is -0.139. The summed E-state index contributed by atoms with van der Waals surface area (Å²) >= 11 is 1.28. The van der Waals surface area contributed by atoms with Gasteiger partial charge < -0.3 is 14.2 Å². The summed E-state index contributed by atoms with van der Waals surface area (Å²) in [6.07, 6.45) is 1.81. The number of rotatable bonds is 9. The maximum atomic E-state index is 13.8. The minimum absolute atomic E-state index is 0.231. The van der Waals surface area contributed by atoms with Gasteiger partial charge in [0.2, 0.25) is 0 Å². The van der Waals surface area contributed by atoms with Crippen LogP contribution in [0.25, 0.3) is 6.08 Å². The molecule has 0 N–H and O–H groups in total. The number of nitrogens with zero attached hydrogens (tertiary/aromatic N) is 2. The van der Waals surface area contributed by atoms with E-state index in [0.29, 0.717) is 39.6 Å². The lowest BCUT2D eigenvalue weighted by Crippen LogP contribution is -2.39. The van der Waals surface area contributed by atoms with E-state index >= 15 is 0 Å². The normalized spacial score (nSPS) is 14.9. The number of carbonyl (C=O) groups is 1. The number of allylic oxidation sites excluding steroid dienone is 1. The van der Waals surface area contributed by atoms with Gasteiger partial charge >= 0.3 is 5.97 Å². The summed E-state index contributed by atoms with van der Waals surface area (Å²) < 4.78 is 19.2. The first-order valence-corrected chi connectivity index (χ1v) is 13.9. The van der Waals surface area contributed by atoms with Crippen molar-refractivity contribution in [3.05, 3.63) is 127 Å². The summed E-state index contributed by atoms with van der Waals surface area (Å²) in [5.41, 5.74) is 3.42. The number of carbonyl (C=O) groups excluding carboxylic acids is 1. The first-order chi connectivity index (χ1) is 19.5. The fourth-order valence-corrected chi connectivity index (χ4v) is 5.60. The van der Waals surface area contributed by atoms with Crippen molar-refractivity contribution in [2.45, 2.75) is 26.8 Å². The number of hydrogen-bond donors (Lipinski definition) is 0. The summed E-state index contributed by atoms with van der Waals surface area (Å²) in [7, 11) is 0. The number of para-hydroxylation sites is 1. The molecule has 0 spiro atoms. The number of fused-ring (bicyclic) bond motifs is 1. The summed E-state index contributed by atoms with van der Waals surface area (Å²) in [5.74, 6) is 0.955. The Hall–Kier alpha value is -4.43. The molecule has 0 aliphatic carbocycles. The molecule has 0 radical (unpaired) electrons. The van der Waals surface area contributed by atoms with E-state index in [4.69, 9.17) is 14.2 Å². The first-order valence-electron chi connectivity index (χ1n) is 13.1. The molecule has 0 saturated carbocycles. The second kappa shape index (κ2) is 12.2. The van der Waals surface area contributed by atoms with E-state index in [-0.39, 0.29) is 12.2 Å². The Morgan fingerprint density at radius 3 is 2.40 bits per heavy atom. The van der Waals surface area contributed by atoms with E-state index in [0.717, 1.165) is 16.9 Å². The summed E-state index contributed by atoms with van der Waals surface area (Å²) in [6.45, 7) is 6.52. The highest BCUT2D eigenvalue weighted by Gasteiger charge is 2.33. The summed E-state index contributed by atoms with van der Waals surface area (Å²) in [6, 6.07) is 24.3. The molecule has 0 saturated heterocycles. The van der Waals surface area contributed by atoms with Gasteiger partial charge in [-0.15, -0.1) is 0 Å². The summed E-state index contributed by atoms with van der Waals surface area (Å²) in [5, 5.41) is 0. The monoisotopic (exact) mass is 554 g/mol. The van der Waals surface area contributed by atoms with Crippen LogP contribution in [0.1, 0.15) is 36.6 Å². The molecule has 0 unspecified atom stereocenters. The number of aromatic nitrogens is 1. The van der Waals surface area contributed by atoms with Crippen LogP contribution in [0.3, 0.4) is 0 Å². The second-order valence-corrected chi connectivity index (χ2v) is 10.3. The number of benzene rings is 3. The van der Waals surface area contributed by atoms with E-state index in [1.54, 1.807) is 18.4 Å². The van der Waals surface area contributed by atoms with Crippen LogP contribution in [-0.2, 0) is 9.53 Å². The fourth-order valence-electron chi connectivity index (χ4n) is 4.56. The van der Waals surface area contributed by atoms with E-state index < -0.39 is 12.0 Å². The third-order valence-corrected chi connectivity index (χ3v) is 7.45. The van der Waals surface area contributed by atoms with Gasteiger partial charge in [0, 0.05) is 5.56 Å². The Bertz CT molecular complexity index is 1720. The average molecular weight is 555 g/mol. The van der Waals surface area contributed by atoms with Crippen molar-refractivity contribution in [2.24, 2.45) is 4.99 Å². The van der Waals surface area contributed by atoms with E-state index in [1.165, 1.54) is 16.9 Å². The van der Waals surface area contributed by atoms with Crippen LogP contribution >= 0.6 is 11.3 Å². The van der Waals surface area contributed by atoms with E-state index in [2.05, 4.69) is 4.99 Å². The van der Waals surface area contributed by atoms with Gasteiger partial charge in [-0.25, -0.2) is 9.79 Å². The highest BCUT2D eigenvalue weighted by Crippen LogP contribution is 2.30. The minimum atomic E-state index is -0.635. The molecule has 1 aliphatic rings. The number of aryl methyl sites for hydroxylation is 1. The SMILES string of the molecule is CCOC(=O)C1=C(C)N=c2s/c(=C/c3ccccc3OCCOc3ccc(C)cc3)c(=O)n2[C@H]1c1ccccc1. The van der Waals surface area contributed by atoms with Crippen LogP contribution in [0, 0.1) is 6.92 Å². The smallest absolute Gasteiger partial charge is 0.338 e. The molecule has 7 nitrogen and oxygen atoms in total. The van der Waals surface area contributed by atoms with Gasteiger partial charge in [0.15, 0.2) is 4.80 Å². The van der Waals surface area contributed by atoms with Crippen molar-refractivity contribution in [3.63, 3.8) is 0 Å². The molecule has 1 aromatic heterocycles. The molecule has 40 heavy (non-hydrogen) atoms. The molecule has 0 amide bonds. The third-order valence-electron chi connectivity index (χ3n) is 6.47. The molecular formula is C32H30N2O5S. The largest absolute Gasteiger partial charge is 0.490 e. The molecular weight excluding hydrogens is 524 g/mol. The van der Waals surface area contributed by atoms with Gasteiger partial charge in [-0.1, -0.05) is 77.6 Å². The summed E-state index contributed by atoms with van der Waals surface area (Å²) in [4.78, 5) is 32.0. The van der Waals surface area contributed by atoms with E-state index in [9.17, 15) is 9.59 Å². The van der Waals surface area contributed by atoms with Crippen LogP contribution in [0.4, 0.5) is 0 Å². The molecule has 8 heteroatoms. The van der Waals surface area contributed by atoms with Gasteiger partial charge in [-0.05, 0) is 50.6 Å². The molecule has 0 fully saturated rings. The topological polar surface area (TPSA) is 79.1 Å². The highest BCUT2D eigenvalue weighted by atomic mass is 32.1. The van der Waals surface area contributed by atoms with Gasteiger partial charge in [-0.2, -0.15) is 0 Å². The Morgan fingerprint density at radius 2 is 1.65 bits per heavy atom. The minimum Gasteiger partial charge on any atom is -0.490 e. The number of hydrogen-bond acceptors (Lipinski definition) is 7. The quantitative estimate of drug-likeness (QED) is 0.224. The first kappa shape index (κ1) is 27.1. The molecule has 5 rings (SSSR count). The third kappa shape index (κ3) is 5.77. The Morgan fingerprint density at radius 1 is 0.950 bits per heavy atom. The zero-order valence-corrected chi connectivity index (χ0v) is 23.4. The molecule has 204 valence electrons. The van der Waals surface area contributed by atoms with Crippen molar-refractivity contribution < 1.29 is 19.0 Å². The Labute approximate surface area is 236 Å². The van der Waals surface area contributed by atoms with E-state index in [1.807, 2.05) is 91.9 Å². The van der Waals surface area contributed by atoms with Gasteiger partial charge in [0.1, 0.15) is 24.7 Å². The van der Waals surface area contributed by atoms with Gasteiger partial charge in [-0.3, -0.25) is 9.36 Å². The molecule has 1 atom stereocenters. The van der Waals surface area contributed by atoms with Crippen molar-refractivity contribution in [3.8, 4) is 11.5 Å². The lowest BCUT2D eigenvalue weighted by Gasteiger charge is -2.24. The van der Waals surface area contributed by atoms with Gasteiger partial charge in [0.05, 0.1) is 28.5 Å². The number of esters is 1. The average Bonchev–Trinajstić information content (AvgIpc) is 3.26. The highest BCUT2D eigenvalue weighted by molar-refractivity contribution is 7.07. The van der Waals surface area contributed by atoms with Crippen LogP contribution < -0.4 is 24.4 Å². The van der Waals surface area contributed by atoms with Gasteiger partial charge in [0.25, 0.3) is 5.56 Å². The maximum absolute atomic E-state index is 13.8. The predicted molar refractivity (Wildman–Crippen MR) is 155 cm³/mol. The molecule has 0 bridgehead atoms. The predicted octanol–water partition coefficient (Wildman–Crippen LogP) is 4.56. The standard InChI is InChI=1S/C32H30N2O5S/c1-4-37-31(36)28-22(3)33-32-34(29(28)23-10-6-5-7-11-23)30(35)27(40-32)20-24-12-8-9-13-26(24)39-19-18-38-25-16-14-21(2)15-17-25/h5-17,20,29H,4,18-19H2,1-3H3/b27-20+/t29-/m0/s1. The zero-order valence-electron chi connectivity index (χ0n) is 22.6. The molecule has 3 aromatic carbocycles. The molecule has 1 aliphatic heterocycles. The van der Waals surface area contributed by atoms with Crippen LogP contribution in [0.5, 0.6) is 11.5 Å². The van der Waals surface area contributed by atoms with Crippen LogP contribution in [-0.4, -0.2) is 30.4 Å². The van der Waals surface area contributed by atoms with Crippen molar-refractivity contribution in [1.82, 2.24) is 4.57 Å². The Kier molecular flexibility index (Phi) is 8.26. The van der Waals surface area contributed by atoms with Crippen LogP contribution in [0.2, 0.25) is 0 Å². The number of ether oxygens (including phenoxy) is 3. The maximum Gasteiger partial charge on any atom is 0.338 e. The van der Waals surface area contributed by atoms with Crippen molar-refractivity contribution in [1.29, 1.82) is 0 Å². The molecule has 4 aromatic rings.